The first-order chi connectivity index (χ1) is 6.47. The smallest absolute Gasteiger partial charge is 0.175 e. The number of hydrogen-bond acceptors (Lipinski definition) is 3. The predicted molar refractivity (Wildman–Crippen MR) is 55.9 cm³/mol. The molecule has 0 amide bonds. The van der Waals surface area contributed by atoms with Gasteiger partial charge in [-0.05, 0) is 42.5 Å². The zero-order valence-corrected chi connectivity index (χ0v) is 8.84. The van der Waals surface area contributed by atoms with Crippen molar-refractivity contribution in [2.24, 2.45) is 0 Å². The predicted octanol–water partition coefficient (Wildman–Crippen LogP) is 1.55. The number of nitrogens with two attached hydrogens (primary N) is 1. The van der Waals surface area contributed by atoms with Crippen LogP contribution in [0.25, 0.3) is 0 Å². The van der Waals surface area contributed by atoms with Crippen molar-refractivity contribution < 1.29 is 8.42 Å². The molecule has 76 valence electrons. The largest absolute Gasteiger partial charge is 0.399 e. The Bertz CT molecular complexity index is 461. The van der Waals surface area contributed by atoms with Crippen LogP contribution < -0.4 is 5.73 Å². The topological polar surface area (TPSA) is 60.2 Å². The fourth-order valence-corrected chi connectivity index (χ4v) is 2.21. The van der Waals surface area contributed by atoms with Gasteiger partial charge in [0.1, 0.15) is 0 Å². The molecule has 0 radical (unpaired) electrons. The molecule has 3 nitrogen and oxygen atoms in total. The van der Waals surface area contributed by atoms with Gasteiger partial charge in [-0.25, -0.2) is 8.42 Å². The maximum Gasteiger partial charge on any atom is 0.175 e. The van der Waals surface area contributed by atoms with Gasteiger partial charge in [0.2, 0.25) is 0 Å². The van der Waals surface area contributed by atoms with Crippen molar-refractivity contribution in [2.45, 2.75) is 23.7 Å². The Morgan fingerprint density at radius 3 is 2.43 bits per heavy atom. The quantitative estimate of drug-likeness (QED) is 0.755. The number of nitrogen functional groups attached to an aromatic ring is 1. The molecule has 1 aliphatic rings. The maximum absolute atomic E-state index is 11.3. The lowest BCUT2D eigenvalue weighted by molar-refractivity contribution is 0.602. The van der Waals surface area contributed by atoms with Gasteiger partial charge in [-0.3, -0.25) is 0 Å². The standard InChI is InChI=1S/C10H13NO2S/c1-14(12,13)10-5-8(7-2-3-7)4-9(11)6-10/h4-7H,2-3,11H2,1H3. The number of sulfone groups is 1. The first-order valence-electron chi connectivity index (χ1n) is 4.57. The number of anilines is 1. The third-order valence-corrected chi connectivity index (χ3v) is 3.52. The SMILES string of the molecule is CS(=O)(=O)c1cc(N)cc(C2CC2)c1. The van der Waals surface area contributed by atoms with Crippen LogP contribution in [0.5, 0.6) is 0 Å². The zero-order chi connectivity index (χ0) is 10.3. The van der Waals surface area contributed by atoms with Gasteiger partial charge in [0.05, 0.1) is 4.90 Å². The van der Waals surface area contributed by atoms with Crippen LogP contribution in [0.3, 0.4) is 0 Å². The van der Waals surface area contributed by atoms with Crippen molar-refractivity contribution >= 4 is 15.5 Å². The van der Waals surface area contributed by atoms with E-state index in [1.54, 1.807) is 6.07 Å². The summed E-state index contributed by atoms with van der Waals surface area (Å²) in [5, 5.41) is 0. The van der Waals surface area contributed by atoms with Gasteiger partial charge in [-0.1, -0.05) is 0 Å². The van der Waals surface area contributed by atoms with E-state index in [1.165, 1.54) is 12.3 Å². The lowest BCUT2D eigenvalue weighted by atomic mass is 10.1. The average molecular weight is 211 g/mol. The molecule has 2 rings (SSSR count). The Kier molecular flexibility index (Phi) is 2.03. The summed E-state index contributed by atoms with van der Waals surface area (Å²) in [4.78, 5) is 0.333. The van der Waals surface area contributed by atoms with Gasteiger partial charge in [-0.15, -0.1) is 0 Å². The third kappa shape index (κ3) is 1.90. The highest BCUT2D eigenvalue weighted by atomic mass is 32.2. The molecule has 1 fully saturated rings. The summed E-state index contributed by atoms with van der Waals surface area (Å²) in [5.41, 5.74) is 7.25. The molecule has 0 aromatic heterocycles. The van der Waals surface area contributed by atoms with Gasteiger partial charge >= 0.3 is 0 Å². The minimum absolute atomic E-state index is 0.333. The Morgan fingerprint density at radius 1 is 1.29 bits per heavy atom. The molecule has 0 spiro atoms. The third-order valence-electron chi connectivity index (χ3n) is 2.43. The first kappa shape index (κ1) is 9.52. The Labute approximate surface area is 83.9 Å². The number of hydrogen-bond donors (Lipinski definition) is 1. The van der Waals surface area contributed by atoms with E-state index in [4.69, 9.17) is 5.73 Å². The normalized spacial score (nSPS) is 16.9. The molecule has 0 unspecified atom stereocenters. The van der Waals surface area contributed by atoms with Gasteiger partial charge in [0, 0.05) is 11.9 Å². The number of rotatable bonds is 2. The van der Waals surface area contributed by atoms with E-state index in [-0.39, 0.29) is 0 Å². The lowest BCUT2D eigenvalue weighted by Gasteiger charge is -2.04. The Hall–Kier alpha value is -1.03. The van der Waals surface area contributed by atoms with Crippen molar-refractivity contribution in [3.05, 3.63) is 23.8 Å². The Morgan fingerprint density at radius 2 is 1.93 bits per heavy atom. The molecule has 4 heteroatoms. The van der Waals surface area contributed by atoms with E-state index < -0.39 is 9.84 Å². The molecular weight excluding hydrogens is 198 g/mol. The molecular formula is C10H13NO2S. The van der Waals surface area contributed by atoms with Crippen LogP contribution in [0.1, 0.15) is 24.3 Å². The maximum atomic E-state index is 11.3. The number of benzene rings is 1. The summed E-state index contributed by atoms with van der Waals surface area (Å²) >= 11 is 0. The Balaban J connectivity index is 2.51. The van der Waals surface area contributed by atoms with Crippen molar-refractivity contribution in [2.75, 3.05) is 12.0 Å². The second kappa shape index (κ2) is 2.98. The van der Waals surface area contributed by atoms with Crippen LogP contribution >= 0.6 is 0 Å². The van der Waals surface area contributed by atoms with E-state index >= 15 is 0 Å². The highest BCUT2D eigenvalue weighted by Crippen LogP contribution is 2.41. The van der Waals surface area contributed by atoms with Gasteiger partial charge in [0.15, 0.2) is 9.84 Å². The monoisotopic (exact) mass is 211 g/mol. The van der Waals surface area contributed by atoms with E-state index in [0.717, 1.165) is 18.4 Å². The minimum Gasteiger partial charge on any atom is -0.399 e. The van der Waals surface area contributed by atoms with Crippen LogP contribution in [0.4, 0.5) is 5.69 Å². The van der Waals surface area contributed by atoms with Crippen LogP contribution in [0, 0.1) is 0 Å². The molecule has 0 saturated heterocycles. The minimum atomic E-state index is -3.13. The zero-order valence-electron chi connectivity index (χ0n) is 8.03. The molecule has 1 aromatic rings. The fourth-order valence-electron chi connectivity index (χ4n) is 1.51. The fraction of sp³-hybridized carbons (Fsp3) is 0.400. The molecule has 2 N–H and O–H groups in total. The van der Waals surface area contributed by atoms with Crippen molar-refractivity contribution in [3.63, 3.8) is 0 Å². The van der Waals surface area contributed by atoms with Crippen LogP contribution in [-0.2, 0) is 9.84 Å². The molecule has 0 heterocycles. The second-order valence-electron chi connectivity index (χ2n) is 3.88. The van der Waals surface area contributed by atoms with Crippen LogP contribution in [0.2, 0.25) is 0 Å². The first-order valence-corrected chi connectivity index (χ1v) is 6.46. The second-order valence-corrected chi connectivity index (χ2v) is 5.90. The molecule has 1 aliphatic carbocycles. The highest BCUT2D eigenvalue weighted by Gasteiger charge is 2.24. The van der Waals surface area contributed by atoms with Gasteiger partial charge in [0.25, 0.3) is 0 Å². The summed E-state index contributed by atoms with van der Waals surface area (Å²) < 4.78 is 22.6. The molecule has 1 aromatic carbocycles. The van der Waals surface area contributed by atoms with Crippen LogP contribution in [0.15, 0.2) is 23.1 Å². The van der Waals surface area contributed by atoms with Crippen molar-refractivity contribution in [1.82, 2.24) is 0 Å². The van der Waals surface area contributed by atoms with Gasteiger partial charge < -0.3 is 5.73 Å². The van der Waals surface area contributed by atoms with Crippen molar-refractivity contribution in [3.8, 4) is 0 Å². The van der Waals surface area contributed by atoms with Gasteiger partial charge in [-0.2, -0.15) is 0 Å². The van der Waals surface area contributed by atoms with E-state index in [2.05, 4.69) is 0 Å². The molecule has 0 bridgehead atoms. The molecule has 1 saturated carbocycles. The summed E-state index contributed by atoms with van der Waals surface area (Å²) in [6.45, 7) is 0. The summed E-state index contributed by atoms with van der Waals surface area (Å²) in [7, 11) is -3.13. The summed E-state index contributed by atoms with van der Waals surface area (Å²) in [5.74, 6) is 0.527. The van der Waals surface area contributed by atoms with Crippen LogP contribution in [-0.4, -0.2) is 14.7 Å². The van der Waals surface area contributed by atoms with E-state index in [1.807, 2.05) is 6.07 Å². The van der Waals surface area contributed by atoms with E-state index in [0.29, 0.717) is 16.5 Å². The average Bonchev–Trinajstić information content (AvgIpc) is 2.83. The summed E-state index contributed by atoms with van der Waals surface area (Å²) in [6.07, 6.45) is 3.50. The van der Waals surface area contributed by atoms with E-state index in [9.17, 15) is 8.42 Å². The van der Waals surface area contributed by atoms with Crippen molar-refractivity contribution in [1.29, 1.82) is 0 Å². The molecule has 0 atom stereocenters. The molecule has 0 aliphatic heterocycles. The summed E-state index contributed by atoms with van der Waals surface area (Å²) in [6, 6.07) is 5.12. The molecule has 14 heavy (non-hydrogen) atoms. The highest BCUT2D eigenvalue weighted by molar-refractivity contribution is 7.90. The lowest BCUT2D eigenvalue weighted by Crippen LogP contribution is -2.00.